The third-order valence-electron chi connectivity index (χ3n) is 2.42. The fourth-order valence-electron chi connectivity index (χ4n) is 1.42. The number of ether oxygens (including phenoxy) is 2. The number of hydrogen-bond acceptors (Lipinski definition) is 5. The van der Waals surface area contributed by atoms with Crippen molar-refractivity contribution in [1.29, 1.82) is 0 Å². The lowest BCUT2D eigenvalue weighted by molar-refractivity contribution is -0.148. The Labute approximate surface area is 142 Å². The number of esters is 1. The minimum atomic E-state index is -1.15. The van der Waals surface area contributed by atoms with Gasteiger partial charge in [-0.3, -0.25) is 4.79 Å². The highest BCUT2D eigenvalue weighted by molar-refractivity contribution is 6.43. The van der Waals surface area contributed by atoms with Gasteiger partial charge in [-0.05, 0) is 13.0 Å². The molecule has 0 fully saturated rings. The van der Waals surface area contributed by atoms with Crippen LogP contribution in [0.5, 0.6) is 5.75 Å². The maximum atomic E-state index is 11.7. The van der Waals surface area contributed by atoms with Crippen molar-refractivity contribution in [3.05, 3.63) is 27.2 Å². The van der Waals surface area contributed by atoms with Crippen LogP contribution in [-0.4, -0.2) is 42.8 Å². The van der Waals surface area contributed by atoms with Crippen LogP contribution in [0.4, 0.5) is 0 Å². The lowest BCUT2D eigenvalue weighted by Crippen LogP contribution is -2.46. The highest BCUT2D eigenvalue weighted by Gasteiger charge is 2.21. The van der Waals surface area contributed by atoms with Gasteiger partial charge >= 0.3 is 5.97 Å². The highest BCUT2D eigenvalue weighted by atomic mass is 35.5. The highest BCUT2D eigenvalue weighted by Crippen LogP contribution is 2.33. The summed E-state index contributed by atoms with van der Waals surface area (Å²) in [7, 11) is 0. The van der Waals surface area contributed by atoms with E-state index in [0.29, 0.717) is 0 Å². The molecule has 0 saturated carbocycles. The Kier molecular flexibility index (Phi) is 7.75. The number of benzene rings is 1. The molecule has 22 heavy (non-hydrogen) atoms. The Bertz CT molecular complexity index is 553. The van der Waals surface area contributed by atoms with Gasteiger partial charge in [0.2, 0.25) is 0 Å². The van der Waals surface area contributed by atoms with Crippen LogP contribution in [-0.2, 0) is 14.3 Å². The van der Waals surface area contributed by atoms with Crippen molar-refractivity contribution in [1.82, 2.24) is 5.32 Å². The summed E-state index contributed by atoms with van der Waals surface area (Å²) < 4.78 is 9.90. The third kappa shape index (κ3) is 5.53. The molecule has 0 saturated heterocycles. The smallest absolute Gasteiger partial charge is 0.331 e. The van der Waals surface area contributed by atoms with Crippen LogP contribution in [0.2, 0.25) is 15.1 Å². The first-order chi connectivity index (χ1) is 10.4. The van der Waals surface area contributed by atoms with Gasteiger partial charge in [0, 0.05) is 6.07 Å². The van der Waals surface area contributed by atoms with Gasteiger partial charge in [0.1, 0.15) is 5.75 Å². The first-order valence-corrected chi connectivity index (χ1v) is 7.36. The zero-order valence-corrected chi connectivity index (χ0v) is 13.8. The van der Waals surface area contributed by atoms with Crippen molar-refractivity contribution in [2.24, 2.45) is 0 Å². The first kappa shape index (κ1) is 18.8. The Balaban J connectivity index is 2.59. The van der Waals surface area contributed by atoms with Crippen molar-refractivity contribution in [2.75, 3.05) is 19.8 Å². The van der Waals surface area contributed by atoms with E-state index in [0.717, 1.165) is 0 Å². The number of aliphatic hydroxyl groups is 1. The van der Waals surface area contributed by atoms with E-state index in [1.807, 2.05) is 0 Å². The average molecular weight is 371 g/mol. The quantitative estimate of drug-likeness (QED) is 0.567. The summed E-state index contributed by atoms with van der Waals surface area (Å²) in [4.78, 5) is 23.1. The third-order valence-corrected chi connectivity index (χ3v) is 3.44. The summed E-state index contributed by atoms with van der Waals surface area (Å²) in [6.45, 7) is 0.746. The zero-order valence-electron chi connectivity index (χ0n) is 11.6. The van der Waals surface area contributed by atoms with Crippen LogP contribution >= 0.6 is 34.8 Å². The van der Waals surface area contributed by atoms with Crippen LogP contribution in [0.25, 0.3) is 0 Å². The molecule has 0 heterocycles. The molecule has 1 rings (SSSR count). The van der Waals surface area contributed by atoms with Gasteiger partial charge in [-0.25, -0.2) is 4.79 Å². The van der Waals surface area contributed by atoms with E-state index in [9.17, 15) is 9.59 Å². The van der Waals surface area contributed by atoms with Crippen molar-refractivity contribution < 1.29 is 24.2 Å². The molecule has 1 aromatic rings. The molecule has 0 aliphatic heterocycles. The number of amides is 1. The molecule has 122 valence electrons. The second-order valence-electron chi connectivity index (χ2n) is 4.04. The number of nitrogens with one attached hydrogen (secondary N) is 1. The molecule has 0 unspecified atom stereocenters. The minimum Gasteiger partial charge on any atom is -0.482 e. The maximum Gasteiger partial charge on any atom is 0.331 e. The summed E-state index contributed by atoms with van der Waals surface area (Å²) in [5.74, 6) is -1.19. The van der Waals surface area contributed by atoms with E-state index in [4.69, 9.17) is 49.4 Å². The predicted octanol–water partition coefficient (Wildman–Crippen LogP) is 2.07. The lowest BCUT2D eigenvalue weighted by Gasteiger charge is -2.15. The SMILES string of the molecule is CCOC(=O)[C@H](CO)NC(=O)COc1cc(Cl)c(Cl)cc1Cl. The van der Waals surface area contributed by atoms with Crippen LogP contribution in [0.1, 0.15) is 6.92 Å². The molecule has 6 nitrogen and oxygen atoms in total. The summed E-state index contributed by atoms with van der Waals surface area (Å²) in [6, 6.07) is 1.60. The molecule has 1 amide bonds. The van der Waals surface area contributed by atoms with Crippen molar-refractivity contribution in [2.45, 2.75) is 13.0 Å². The number of halogens is 3. The van der Waals surface area contributed by atoms with Crippen LogP contribution < -0.4 is 10.1 Å². The molecule has 0 aliphatic rings. The van der Waals surface area contributed by atoms with E-state index in [2.05, 4.69) is 5.32 Å². The number of carbonyl (C=O) groups excluding carboxylic acids is 2. The van der Waals surface area contributed by atoms with Crippen LogP contribution in [0, 0.1) is 0 Å². The molecule has 0 bridgehead atoms. The summed E-state index contributed by atoms with van der Waals surface area (Å²) >= 11 is 17.5. The van der Waals surface area contributed by atoms with Gasteiger partial charge in [-0.1, -0.05) is 34.8 Å². The molecule has 0 aromatic heterocycles. The fraction of sp³-hybridized carbons (Fsp3) is 0.385. The summed E-state index contributed by atoms with van der Waals surface area (Å²) in [6.07, 6.45) is 0. The molecule has 9 heteroatoms. The summed E-state index contributed by atoms with van der Waals surface area (Å²) in [5, 5.41) is 12.0. The maximum absolute atomic E-state index is 11.7. The van der Waals surface area contributed by atoms with Gasteiger partial charge < -0.3 is 19.9 Å². The Morgan fingerprint density at radius 1 is 1.23 bits per heavy atom. The van der Waals surface area contributed by atoms with Crippen molar-refractivity contribution in [3.63, 3.8) is 0 Å². The van der Waals surface area contributed by atoms with E-state index >= 15 is 0 Å². The molecule has 0 spiro atoms. The molecular weight excluding hydrogens is 357 g/mol. The molecule has 0 radical (unpaired) electrons. The normalized spacial score (nSPS) is 11.7. The van der Waals surface area contributed by atoms with Crippen LogP contribution in [0.15, 0.2) is 12.1 Å². The second-order valence-corrected chi connectivity index (χ2v) is 5.26. The van der Waals surface area contributed by atoms with Gasteiger partial charge in [-0.15, -0.1) is 0 Å². The number of rotatable bonds is 7. The number of hydrogen-bond donors (Lipinski definition) is 2. The van der Waals surface area contributed by atoms with E-state index in [1.165, 1.54) is 12.1 Å². The van der Waals surface area contributed by atoms with Crippen molar-refractivity contribution in [3.8, 4) is 5.75 Å². The average Bonchev–Trinajstić information content (AvgIpc) is 2.47. The van der Waals surface area contributed by atoms with E-state index < -0.39 is 31.1 Å². The zero-order chi connectivity index (χ0) is 16.7. The Morgan fingerprint density at radius 2 is 1.86 bits per heavy atom. The molecule has 1 aromatic carbocycles. The largest absolute Gasteiger partial charge is 0.482 e. The first-order valence-electron chi connectivity index (χ1n) is 6.23. The lowest BCUT2D eigenvalue weighted by atomic mass is 10.3. The Morgan fingerprint density at radius 3 is 2.45 bits per heavy atom. The van der Waals surface area contributed by atoms with Gasteiger partial charge in [0.05, 0.1) is 28.3 Å². The van der Waals surface area contributed by atoms with Gasteiger partial charge in [-0.2, -0.15) is 0 Å². The summed E-state index contributed by atoms with van der Waals surface area (Å²) in [5.41, 5.74) is 0. The number of aliphatic hydroxyl groups excluding tert-OH is 1. The molecular formula is C13H14Cl3NO5. The predicted molar refractivity (Wildman–Crippen MR) is 82.6 cm³/mol. The van der Waals surface area contributed by atoms with Gasteiger partial charge in [0.25, 0.3) is 5.91 Å². The molecule has 0 aliphatic carbocycles. The Hall–Kier alpha value is -1.21. The van der Waals surface area contributed by atoms with Crippen LogP contribution in [0.3, 0.4) is 0 Å². The van der Waals surface area contributed by atoms with Crippen molar-refractivity contribution >= 4 is 46.7 Å². The number of carbonyl (C=O) groups is 2. The minimum absolute atomic E-state index is 0.139. The topological polar surface area (TPSA) is 84.9 Å². The monoisotopic (exact) mass is 369 g/mol. The second kappa shape index (κ2) is 9.05. The van der Waals surface area contributed by atoms with E-state index in [1.54, 1.807) is 6.92 Å². The van der Waals surface area contributed by atoms with E-state index in [-0.39, 0.29) is 27.4 Å². The standard InChI is InChI=1S/C13H14Cl3NO5/c1-2-21-13(20)10(5-18)17-12(19)6-22-11-4-8(15)7(14)3-9(11)16/h3-4,10,18H,2,5-6H2,1H3,(H,17,19)/t10-/m0/s1. The van der Waals surface area contributed by atoms with Gasteiger partial charge in [0.15, 0.2) is 12.6 Å². The molecule has 1 atom stereocenters. The molecule has 2 N–H and O–H groups in total. The fourth-order valence-corrected chi connectivity index (χ4v) is 2.01.